The lowest BCUT2D eigenvalue weighted by atomic mass is 10.4. The predicted molar refractivity (Wildman–Crippen MR) is 63.3 cm³/mol. The molecule has 0 unspecified atom stereocenters. The van der Waals surface area contributed by atoms with Crippen LogP contribution in [0.1, 0.15) is 6.92 Å². The summed E-state index contributed by atoms with van der Waals surface area (Å²) in [5, 5.41) is 0.435. The van der Waals surface area contributed by atoms with Gasteiger partial charge >= 0.3 is 5.97 Å². The fourth-order valence-corrected chi connectivity index (χ4v) is 2.46. The molecule has 0 aromatic heterocycles. The Balaban J connectivity index is 2.89. The Kier molecular flexibility index (Phi) is 4.50. The molecule has 5 nitrogen and oxygen atoms in total. The molecule has 0 aliphatic heterocycles. The normalized spacial score (nSPS) is 13.1. The molecular weight excluding hydrogens is 266 g/mol. The molecule has 0 radical (unpaired) electrons. The summed E-state index contributed by atoms with van der Waals surface area (Å²) in [7, 11) is -2.55. The van der Waals surface area contributed by atoms with Gasteiger partial charge in [0, 0.05) is 5.02 Å². The van der Waals surface area contributed by atoms with E-state index in [1.807, 2.05) is 0 Å². The summed E-state index contributed by atoms with van der Waals surface area (Å²) in [5.74, 6) is -0.650. The minimum atomic E-state index is -3.74. The number of methoxy groups -OCH3 is 1. The first-order valence-corrected chi connectivity index (χ1v) is 6.58. The van der Waals surface area contributed by atoms with Crippen LogP contribution in [0.15, 0.2) is 29.2 Å². The monoisotopic (exact) mass is 277 g/mol. The Morgan fingerprint density at radius 3 is 2.35 bits per heavy atom. The molecule has 0 fully saturated rings. The number of ether oxygens (including phenoxy) is 1. The van der Waals surface area contributed by atoms with Gasteiger partial charge in [0.05, 0.1) is 12.0 Å². The van der Waals surface area contributed by atoms with Gasteiger partial charge in [0.1, 0.15) is 6.04 Å². The zero-order valence-corrected chi connectivity index (χ0v) is 10.9. The number of rotatable bonds is 4. The fraction of sp³-hybridized carbons (Fsp3) is 0.300. The van der Waals surface area contributed by atoms with E-state index in [2.05, 4.69) is 9.46 Å². The summed E-state index contributed by atoms with van der Waals surface area (Å²) in [5.41, 5.74) is 0. The first kappa shape index (κ1) is 14.0. The molecule has 17 heavy (non-hydrogen) atoms. The SMILES string of the molecule is COC(=O)[C@@H](C)NS(=O)(=O)c1ccc(Cl)cc1. The molecule has 0 aliphatic rings. The second-order valence-corrected chi connectivity index (χ2v) is 5.47. The number of hydrogen-bond donors (Lipinski definition) is 1. The highest BCUT2D eigenvalue weighted by Crippen LogP contribution is 2.14. The molecule has 1 aromatic rings. The average molecular weight is 278 g/mol. The van der Waals surface area contributed by atoms with E-state index in [4.69, 9.17) is 11.6 Å². The van der Waals surface area contributed by atoms with Crippen molar-refractivity contribution in [2.45, 2.75) is 17.9 Å². The zero-order chi connectivity index (χ0) is 13.1. The van der Waals surface area contributed by atoms with Gasteiger partial charge in [-0.2, -0.15) is 4.72 Å². The van der Waals surface area contributed by atoms with Crippen LogP contribution in [0.25, 0.3) is 0 Å². The molecular formula is C10H12ClNO4S. The first-order chi connectivity index (χ1) is 7.86. The van der Waals surface area contributed by atoms with E-state index < -0.39 is 22.0 Å². The van der Waals surface area contributed by atoms with Crippen LogP contribution in [-0.4, -0.2) is 27.5 Å². The van der Waals surface area contributed by atoms with Crippen molar-refractivity contribution >= 4 is 27.6 Å². The molecule has 0 spiro atoms. The number of halogens is 1. The molecule has 94 valence electrons. The van der Waals surface area contributed by atoms with E-state index in [9.17, 15) is 13.2 Å². The highest BCUT2D eigenvalue weighted by atomic mass is 35.5. The Morgan fingerprint density at radius 2 is 1.88 bits per heavy atom. The average Bonchev–Trinajstić information content (AvgIpc) is 2.27. The van der Waals surface area contributed by atoms with Gasteiger partial charge in [-0.3, -0.25) is 4.79 Å². The molecule has 0 saturated heterocycles. The van der Waals surface area contributed by atoms with Gasteiger partial charge in [-0.05, 0) is 31.2 Å². The maximum Gasteiger partial charge on any atom is 0.323 e. The highest BCUT2D eigenvalue weighted by molar-refractivity contribution is 7.89. The van der Waals surface area contributed by atoms with Crippen molar-refractivity contribution in [3.63, 3.8) is 0 Å². The largest absolute Gasteiger partial charge is 0.468 e. The van der Waals surface area contributed by atoms with Gasteiger partial charge in [-0.25, -0.2) is 8.42 Å². The summed E-state index contributed by atoms with van der Waals surface area (Å²) >= 11 is 5.65. The van der Waals surface area contributed by atoms with Crippen LogP contribution < -0.4 is 4.72 Å². The van der Waals surface area contributed by atoms with Gasteiger partial charge < -0.3 is 4.74 Å². The zero-order valence-electron chi connectivity index (χ0n) is 9.31. The van der Waals surface area contributed by atoms with E-state index in [-0.39, 0.29) is 4.90 Å². The third-order valence-corrected chi connectivity index (χ3v) is 3.82. The lowest BCUT2D eigenvalue weighted by molar-refractivity contribution is -0.142. The molecule has 0 amide bonds. The summed E-state index contributed by atoms with van der Waals surface area (Å²) < 4.78 is 30.2. The first-order valence-electron chi connectivity index (χ1n) is 4.72. The molecule has 0 bridgehead atoms. The number of carbonyl (C=O) groups is 1. The van der Waals surface area contributed by atoms with E-state index in [1.54, 1.807) is 0 Å². The van der Waals surface area contributed by atoms with Crippen molar-refractivity contribution < 1.29 is 17.9 Å². The Hall–Kier alpha value is -1.11. The number of sulfonamides is 1. The van der Waals surface area contributed by atoms with E-state index in [0.29, 0.717) is 5.02 Å². The number of benzene rings is 1. The van der Waals surface area contributed by atoms with Crippen molar-refractivity contribution in [3.05, 3.63) is 29.3 Å². The van der Waals surface area contributed by atoms with Gasteiger partial charge in [-0.15, -0.1) is 0 Å². The Morgan fingerprint density at radius 1 is 1.35 bits per heavy atom. The Labute approximate surface area is 105 Å². The molecule has 1 atom stereocenters. The minimum absolute atomic E-state index is 0.0395. The molecule has 1 N–H and O–H groups in total. The number of esters is 1. The number of carbonyl (C=O) groups excluding carboxylic acids is 1. The Bertz CT molecular complexity index is 498. The van der Waals surface area contributed by atoms with Crippen LogP contribution in [0, 0.1) is 0 Å². The second kappa shape index (κ2) is 5.48. The second-order valence-electron chi connectivity index (χ2n) is 3.32. The summed E-state index contributed by atoms with van der Waals surface area (Å²) in [4.78, 5) is 11.1. The summed E-state index contributed by atoms with van der Waals surface area (Å²) in [6.45, 7) is 1.40. The van der Waals surface area contributed by atoms with Crippen molar-refractivity contribution in [2.75, 3.05) is 7.11 Å². The lowest BCUT2D eigenvalue weighted by Crippen LogP contribution is -2.39. The topological polar surface area (TPSA) is 72.5 Å². The van der Waals surface area contributed by atoms with Gasteiger partial charge in [0.15, 0.2) is 0 Å². The van der Waals surface area contributed by atoms with E-state index in [0.717, 1.165) is 0 Å². The third-order valence-electron chi connectivity index (χ3n) is 2.01. The van der Waals surface area contributed by atoms with Crippen LogP contribution in [0.2, 0.25) is 5.02 Å². The maximum absolute atomic E-state index is 11.8. The maximum atomic E-state index is 11.8. The van der Waals surface area contributed by atoms with Crippen molar-refractivity contribution in [1.82, 2.24) is 4.72 Å². The van der Waals surface area contributed by atoms with Gasteiger partial charge in [0.25, 0.3) is 0 Å². The minimum Gasteiger partial charge on any atom is -0.468 e. The number of nitrogens with one attached hydrogen (secondary N) is 1. The van der Waals surface area contributed by atoms with Crippen LogP contribution in [0.5, 0.6) is 0 Å². The van der Waals surface area contributed by atoms with Crippen molar-refractivity contribution in [2.24, 2.45) is 0 Å². The van der Waals surface area contributed by atoms with Gasteiger partial charge in [-0.1, -0.05) is 11.6 Å². The quantitative estimate of drug-likeness (QED) is 0.839. The molecule has 0 saturated carbocycles. The van der Waals surface area contributed by atoms with Gasteiger partial charge in [0.2, 0.25) is 10.0 Å². The van der Waals surface area contributed by atoms with E-state index >= 15 is 0 Å². The van der Waals surface area contributed by atoms with Crippen LogP contribution >= 0.6 is 11.6 Å². The highest BCUT2D eigenvalue weighted by Gasteiger charge is 2.22. The van der Waals surface area contributed by atoms with Crippen LogP contribution in [0.4, 0.5) is 0 Å². The summed E-state index contributed by atoms with van der Waals surface area (Å²) in [6.07, 6.45) is 0. The molecule has 7 heteroatoms. The van der Waals surface area contributed by atoms with Crippen molar-refractivity contribution in [1.29, 1.82) is 0 Å². The lowest BCUT2D eigenvalue weighted by Gasteiger charge is -2.11. The standard InChI is InChI=1S/C10H12ClNO4S/c1-7(10(13)16-2)12-17(14,15)9-5-3-8(11)4-6-9/h3-7,12H,1-2H3/t7-/m1/s1. The van der Waals surface area contributed by atoms with Crippen LogP contribution in [0.3, 0.4) is 0 Å². The third kappa shape index (κ3) is 3.69. The fourth-order valence-electron chi connectivity index (χ4n) is 1.14. The molecule has 1 rings (SSSR count). The number of hydrogen-bond acceptors (Lipinski definition) is 4. The van der Waals surface area contributed by atoms with Crippen molar-refractivity contribution in [3.8, 4) is 0 Å². The molecule has 0 aliphatic carbocycles. The van der Waals surface area contributed by atoms with E-state index in [1.165, 1.54) is 38.3 Å². The predicted octanol–water partition coefficient (Wildman–Crippen LogP) is 1.18. The smallest absolute Gasteiger partial charge is 0.323 e. The van der Waals surface area contributed by atoms with Crippen LogP contribution in [-0.2, 0) is 19.6 Å². The summed E-state index contributed by atoms with van der Waals surface area (Å²) in [6, 6.07) is 4.68. The molecule has 0 heterocycles. The molecule has 1 aromatic carbocycles.